The highest BCUT2D eigenvalue weighted by Crippen LogP contribution is 2.24. The molecule has 0 saturated heterocycles. The second-order valence-electron chi connectivity index (χ2n) is 7.97. The van der Waals surface area contributed by atoms with Gasteiger partial charge in [-0.2, -0.15) is 0 Å². The van der Waals surface area contributed by atoms with E-state index in [1.54, 1.807) is 36.4 Å². The molecule has 2 aromatic carbocycles. The summed E-state index contributed by atoms with van der Waals surface area (Å²) in [6.45, 7) is 2.44. The van der Waals surface area contributed by atoms with Gasteiger partial charge in [-0.15, -0.1) is 0 Å². The van der Waals surface area contributed by atoms with Crippen LogP contribution in [0.15, 0.2) is 72.1 Å². The topological polar surface area (TPSA) is 140 Å². The van der Waals surface area contributed by atoms with E-state index in [1.807, 2.05) is 18.0 Å². The summed E-state index contributed by atoms with van der Waals surface area (Å²) in [5.74, 6) is 0.250. The molecule has 1 aromatic heterocycles. The molecular weight excluding hydrogens is 513 g/mol. The third-order valence-corrected chi connectivity index (χ3v) is 5.25. The Bertz CT molecular complexity index is 1300. The maximum atomic E-state index is 13.4. The second kappa shape index (κ2) is 15.1. The Kier molecular flexibility index (Phi) is 11.3. The zero-order valence-electron chi connectivity index (χ0n) is 20.6. The summed E-state index contributed by atoms with van der Waals surface area (Å²) < 4.78 is 18.8. The van der Waals surface area contributed by atoms with Gasteiger partial charge in [0.25, 0.3) is 0 Å². The van der Waals surface area contributed by atoms with Gasteiger partial charge in [0.05, 0.1) is 18.2 Å². The molecule has 3 rings (SSSR count). The van der Waals surface area contributed by atoms with Crippen LogP contribution in [-0.4, -0.2) is 60.7 Å². The number of anilines is 5. The number of ether oxygens (including phenoxy) is 1. The van der Waals surface area contributed by atoms with E-state index in [-0.39, 0.29) is 10.9 Å². The zero-order chi connectivity index (χ0) is 27.2. The van der Waals surface area contributed by atoms with Crippen LogP contribution in [0.2, 0.25) is 5.02 Å². The van der Waals surface area contributed by atoms with E-state index in [0.29, 0.717) is 61.5 Å². The predicted molar refractivity (Wildman–Crippen MR) is 147 cm³/mol. The maximum Gasteiger partial charge on any atom is 0.248 e. The SMILES string of the molecule is CN(CC=CC(=O)Nc1cccc(Nc2cc(Nc3ccc(F)c(Cl)c3)ncn2)c1)CCOCCN=[N+]=[N-]. The molecule has 0 saturated carbocycles. The van der Waals surface area contributed by atoms with E-state index < -0.39 is 5.82 Å². The second-order valence-corrected chi connectivity index (χ2v) is 8.38. The molecule has 0 aliphatic rings. The molecule has 0 spiro atoms. The van der Waals surface area contributed by atoms with Crippen molar-refractivity contribution in [3.05, 3.63) is 88.3 Å². The average Bonchev–Trinajstić information content (AvgIpc) is 2.89. The van der Waals surface area contributed by atoms with Gasteiger partial charge >= 0.3 is 0 Å². The monoisotopic (exact) mass is 539 g/mol. The van der Waals surface area contributed by atoms with Crippen molar-refractivity contribution in [3.8, 4) is 0 Å². The number of nitrogens with zero attached hydrogens (tertiary/aromatic N) is 6. The van der Waals surface area contributed by atoms with Crippen molar-refractivity contribution in [1.82, 2.24) is 14.9 Å². The molecule has 3 N–H and O–H groups in total. The Labute approximate surface area is 224 Å². The van der Waals surface area contributed by atoms with Crippen LogP contribution in [-0.2, 0) is 9.53 Å². The van der Waals surface area contributed by atoms with Crippen molar-refractivity contribution in [2.75, 3.05) is 55.8 Å². The van der Waals surface area contributed by atoms with Crippen LogP contribution < -0.4 is 16.0 Å². The fourth-order valence-electron chi connectivity index (χ4n) is 3.13. The van der Waals surface area contributed by atoms with E-state index in [0.717, 1.165) is 0 Å². The van der Waals surface area contributed by atoms with E-state index in [9.17, 15) is 9.18 Å². The van der Waals surface area contributed by atoms with Crippen molar-refractivity contribution in [2.24, 2.45) is 5.11 Å². The molecular formula is C25H27ClFN9O2. The van der Waals surface area contributed by atoms with E-state index >= 15 is 0 Å². The molecule has 0 aliphatic heterocycles. The van der Waals surface area contributed by atoms with Crippen LogP contribution in [0.25, 0.3) is 10.4 Å². The Balaban J connectivity index is 1.48. The number of nitrogens with one attached hydrogen (secondary N) is 3. The lowest BCUT2D eigenvalue weighted by atomic mass is 10.2. The number of carbonyl (C=O) groups is 1. The summed E-state index contributed by atoms with van der Waals surface area (Å²) in [6, 6.07) is 13.2. The van der Waals surface area contributed by atoms with Gasteiger partial charge in [-0.05, 0) is 49.0 Å². The lowest BCUT2D eigenvalue weighted by molar-refractivity contribution is -0.111. The first-order valence-electron chi connectivity index (χ1n) is 11.6. The van der Waals surface area contributed by atoms with Gasteiger partial charge in [0.1, 0.15) is 23.8 Å². The largest absolute Gasteiger partial charge is 0.380 e. The van der Waals surface area contributed by atoms with Crippen molar-refractivity contribution in [3.63, 3.8) is 0 Å². The molecule has 11 nitrogen and oxygen atoms in total. The van der Waals surface area contributed by atoms with Gasteiger partial charge in [-0.1, -0.05) is 28.9 Å². The molecule has 38 heavy (non-hydrogen) atoms. The number of rotatable bonds is 14. The lowest BCUT2D eigenvalue weighted by Gasteiger charge is -2.14. The smallest absolute Gasteiger partial charge is 0.248 e. The van der Waals surface area contributed by atoms with Gasteiger partial charge in [0.2, 0.25) is 5.91 Å². The Morgan fingerprint density at radius 2 is 1.87 bits per heavy atom. The Hall–Kier alpha value is -4.22. The van der Waals surface area contributed by atoms with Crippen LogP contribution >= 0.6 is 11.6 Å². The minimum Gasteiger partial charge on any atom is -0.380 e. The summed E-state index contributed by atoms with van der Waals surface area (Å²) in [7, 11) is 1.91. The first-order valence-corrected chi connectivity index (χ1v) is 12.0. The number of carbonyl (C=O) groups excluding carboxylic acids is 1. The summed E-state index contributed by atoms with van der Waals surface area (Å²) in [5, 5.41) is 12.5. The molecule has 0 radical (unpaired) electrons. The number of hydrogen-bond donors (Lipinski definition) is 3. The third kappa shape index (κ3) is 10.0. The van der Waals surface area contributed by atoms with Crippen LogP contribution in [0.3, 0.4) is 0 Å². The van der Waals surface area contributed by atoms with Crippen LogP contribution in [0.4, 0.5) is 33.1 Å². The molecule has 0 aliphatic carbocycles. The minimum absolute atomic E-state index is 0.00751. The summed E-state index contributed by atoms with van der Waals surface area (Å²) >= 11 is 5.84. The number of halogens is 2. The third-order valence-electron chi connectivity index (χ3n) is 4.96. The van der Waals surface area contributed by atoms with Gasteiger partial charge in [-0.25, -0.2) is 14.4 Å². The molecule has 0 unspecified atom stereocenters. The number of hydrogen-bond acceptors (Lipinski definition) is 8. The Morgan fingerprint density at radius 1 is 1.13 bits per heavy atom. The van der Waals surface area contributed by atoms with Gasteiger partial charge in [-0.3, -0.25) is 4.79 Å². The van der Waals surface area contributed by atoms with Crippen molar-refractivity contribution >= 4 is 46.2 Å². The summed E-state index contributed by atoms with van der Waals surface area (Å²) in [5.41, 5.74) is 10.1. The van der Waals surface area contributed by atoms with Crippen LogP contribution in [0.1, 0.15) is 0 Å². The predicted octanol–water partition coefficient (Wildman–Crippen LogP) is 5.51. The molecule has 198 valence electrons. The normalized spacial score (nSPS) is 10.8. The van der Waals surface area contributed by atoms with Crippen molar-refractivity contribution in [2.45, 2.75) is 0 Å². The highest BCUT2D eigenvalue weighted by Gasteiger charge is 2.05. The van der Waals surface area contributed by atoms with Gasteiger partial charge in [0.15, 0.2) is 0 Å². The van der Waals surface area contributed by atoms with E-state index in [2.05, 4.69) is 35.9 Å². The molecule has 13 heteroatoms. The fourth-order valence-corrected chi connectivity index (χ4v) is 3.31. The highest BCUT2D eigenvalue weighted by atomic mass is 35.5. The fraction of sp³-hybridized carbons (Fsp3) is 0.240. The molecule has 1 amide bonds. The highest BCUT2D eigenvalue weighted by molar-refractivity contribution is 6.31. The first-order chi connectivity index (χ1) is 18.4. The van der Waals surface area contributed by atoms with Crippen LogP contribution in [0.5, 0.6) is 0 Å². The number of aromatic nitrogens is 2. The molecule has 0 bridgehead atoms. The lowest BCUT2D eigenvalue weighted by Crippen LogP contribution is -2.24. The average molecular weight is 540 g/mol. The zero-order valence-corrected chi connectivity index (χ0v) is 21.4. The van der Waals surface area contributed by atoms with Crippen LogP contribution in [0, 0.1) is 5.82 Å². The molecule has 1 heterocycles. The van der Waals surface area contributed by atoms with Gasteiger partial charge in [0, 0.05) is 53.8 Å². The molecule has 0 atom stereocenters. The number of amides is 1. The summed E-state index contributed by atoms with van der Waals surface area (Å²) in [6.07, 6.45) is 4.63. The molecule has 3 aromatic rings. The first kappa shape index (κ1) is 28.4. The number of benzene rings is 2. The van der Waals surface area contributed by atoms with Crippen molar-refractivity contribution in [1.29, 1.82) is 0 Å². The minimum atomic E-state index is -0.501. The quantitative estimate of drug-likeness (QED) is 0.0806. The number of azide groups is 1. The maximum absolute atomic E-state index is 13.4. The van der Waals surface area contributed by atoms with E-state index in [4.69, 9.17) is 21.9 Å². The van der Waals surface area contributed by atoms with E-state index in [1.165, 1.54) is 24.5 Å². The van der Waals surface area contributed by atoms with Gasteiger partial charge < -0.3 is 25.6 Å². The standard InChI is InChI=1S/C25H27ClFN9O2/c1-36(11-13-38-12-9-31-35-28)10-3-6-25(37)34-19-5-2-4-18(14-19)32-23-16-24(30-17-29-23)33-20-7-8-22(27)21(26)15-20/h2-8,14-17H,9-13H2,1H3,(H,34,37)(H2,29,30,32,33). The Morgan fingerprint density at radius 3 is 2.61 bits per heavy atom. The molecule has 0 fully saturated rings. The number of likely N-dealkylation sites (N-methyl/N-ethyl adjacent to an activating group) is 1. The summed E-state index contributed by atoms with van der Waals surface area (Å²) in [4.78, 5) is 25.4. The van der Waals surface area contributed by atoms with Crippen molar-refractivity contribution < 1.29 is 13.9 Å².